The molecule has 4 heteroatoms. The summed E-state index contributed by atoms with van der Waals surface area (Å²) in [6.07, 6.45) is 5.22. The first-order valence-electron chi connectivity index (χ1n) is 6.42. The van der Waals surface area contributed by atoms with Crippen LogP contribution in [0.5, 0.6) is 0 Å². The molecule has 0 spiro atoms. The number of hydrogen-bond donors (Lipinski definition) is 1. The van der Waals surface area contributed by atoms with Gasteiger partial charge >= 0.3 is 0 Å². The van der Waals surface area contributed by atoms with Crippen LogP contribution in [0.1, 0.15) is 33.0 Å². The largest absolute Gasteiger partial charge is 0.335 e. The van der Waals surface area contributed by atoms with Crippen molar-refractivity contribution < 1.29 is 4.79 Å². The lowest BCUT2D eigenvalue weighted by Gasteiger charge is -2.11. The smallest absolute Gasteiger partial charge is 0.144 e. The fourth-order valence-electron chi connectivity index (χ4n) is 1.76. The molecule has 1 atom stereocenters. The fourth-order valence-corrected chi connectivity index (χ4v) is 1.76. The van der Waals surface area contributed by atoms with Gasteiger partial charge in [-0.15, -0.1) is 0 Å². The molecule has 1 aromatic heterocycles. The zero-order valence-corrected chi connectivity index (χ0v) is 11.1. The third kappa shape index (κ3) is 4.30. The number of ketones is 1. The van der Waals surface area contributed by atoms with Crippen LogP contribution in [0.15, 0.2) is 12.4 Å². The predicted octanol–water partition coefficient (Wildman–Crippen LogP) is 1.65. The number of nitrogens with zero attached hydrogens (tertiary/aromatic N) is 2. The number of rotatable bonds is 8. The Morgan fingerprint density at radius 1 is 1.53 bits per heavy atom. The first-order valence-corrected chi connectivity index (χ1v) is 6.42. The van der Waals surface area contributed by atoms with Gasteiger partial charge in [-0.25, -0.2) is 4.98 Å². The number of aryl methyl sites for hydroxylation is 1. The summed E-state index contributed by atoms with van der Waals surface area (Å²) in [5, 5.41) is 3.20. The average Bonchev–Trinajstić information content (AvgIpc) is 2.74. The first kappa shape index (κ1) is 13.9. The highest BCUT2D eigenvalue weighted by atomic mass is 16.1. The van der Waals surface area contributed by atoms with E-state index < -0.39 is 0 Å². The van der Waals surface area contributed by atoms with Gasteiger partial charge in [0.1, 0.15) is 11.6 Å². The molecule has 0 aliphatic rings. The van der Waals surface area contributed by atoms with E-state index >= 15 is 0 Å². The van der Waals surface area contributed by atoms with Crippen molar-refractivity contribution in [3.8, 4) is 0 Å². The van der Waals surface area contributed by atoms with E-state index in [1.54, 1.807) is 6.20 Å². The highest BCUT2D eigenvalue weighted by Gasteiger charge is 2.15. The molecule has 0 saturated carbocycles. The van der Waals surface area contributed by atoms with Crippen LogP contribution in [0.2, 0.25) is 0 Å². The molecule has 0 aliphatic carbocycles. The van der Waals surface area contributed by atoms with Gasteiger partial charge in [-0.3, -0.25) is 4.79 Å². The van der Waals surface area contributed by atoms with E-state index in [-0.39, 0.29) is 11.7 Å². The topological polar surface area (TPSA) is 46.9 Å². The zero-order valence-electron chi connectivity index (χ0n) is 11.1. The Bertz CT molecular complexity index is 346. The Morgan fingerprint density at radius 2 is 2.29 bits per heavy atom. The quantitative estimate of drug-likeness (QED) is 0.748. The third-order valence-corrected chi connectivity index (χ3v) is 2.85. The number of hydrogen-bond acceptors (Lipinski definition) is 3. The Morgan fingerprint density at radius 3 is 2.94 bits per heavy atom. The molecular weight excluding hydrogens is 214 g/mol. The number of aromatic nitrogens is 2. The predicted molar refractivity (Wildman–Crippen MR) is 68.9 cm³/mol. The number of nitrogens with one attached hydrogen (secondary N) is 1. The second kappa shape index (κ2) is 7.22. The molecule has 0 radical (unpaired) electrons. The van der Waals surface area contributed by atoms with Gasteiger partial charge in [0.2, 0.25) is 0 Å². The van der Waals surface area contributed by atoms with Crippen LogP contribution in [-0.4, -0.2) is 28.4 Å². The summed E-state index contributed by atoms with van der Waals surface area (Å²) in [5.41, 5.74) is 0. The van der Waals surface area contributed by atoms with Crippen molar-refractivity contribution >= 4 is 5.78 Å². The molecule has 0 fully saturated rings. The number of carbonyl (C=O) groups is 1. The fraction of sp³-hybridized carbons (Fsp3) is 0.692. The third-order valence-electron chi connectivity index (χ3n) is 2.85. The summed E-state index contributed by atoms with van der Waals surface area (Å²) < 4.78 is 2.07. The van der Waals surface area contributed by atoms with Gasteiger partial charge in [-0.2, -0.15) is 0 Å². The molecule has 1 heterocycles. The van der Waals surface area contributed by atoms with Crippen LogP contribution in [-0.2, 0) is 17.8 Å². The highest BCUT2D eigenvalue weighted by Crippen LogP contribution is 2.05. The molecular formula is C13H23N3O. The monoisotopic (exact) mass is 237 g/mol. The minimum atomic E-state index is 0.0572. The Kier molecular flexibility index (Phi) is 5.91. The Hall–Kier alpha value is -1.16. The van der Waals surface area contributed by atoms with Gasteiger partial charge in [0.05, 0.1) is 6.42 Å². The first-order chi connectivity index (χ1) is 8.19. The molecule has 17 heavy (non-hydrogen) atoms. The minimum Gasteiger partial charge on any atom is -0.335 e. The molecule has 0 saturated heterocycles. The summed E-state index contributed by atoms with van der Waals surface area (Å²) in [6, 6.07) is 0. The van der Waals surface area contributed by atoms with E-state index in [0.717, 1.165) is 31.9 Å². The maximum atomic E-state index is 12.0. The van der Waals surface area contributed by atoms with E-state index in [0.29, 0.717) is 6.42 Å². The minimum absolute atomic E-state index is 0.0572. The number of Topliss-reactive ketones (excluding diaryl/α,β-unsaturated/α-hetero) is 1. The second-order valence-electron chi connectivity index (χ2n) is 4.39. The van der Waals surface area contributed by atoms with Crippen molar-refractivity contribution in [1.82, 2.24) is 14.9 Å². The number of imidazole rings is 1. The lowest BCUT2D eigenvalue weighted by atomic mass is 10.0. The molecule has 0 bridgehead atoms. The summed E-state index contributed by atoms with van der Waals surface area (Å²) >= 11 is 0. The highest BCUT2D eigenvalue weighted by molar-refractivity contribution is 5.82. The molecule has 1 aromatic rings. The van der Waals surface area contributed by atoms with Crippen LogP contribution in [0.4, 0.5) is 0 Å². The Balaban J connectivity index is 2.52. The van der Waals surface area contributed by atoms with Gasteiger partial charge in [0.25, 0.3) is 0 Å². The van der Waals surface area contributed by atoms with Crippen molar-refractivity contribution in [1.29, 1.82) is 0 Å². The van der Waals surface area contributed by atoms with Crippen molar-refractivity contribution in [2.24, 2.45) is 5.92 Å². The molecule has 0 amide bonds. The molecule has 0 aromatic carbocycles. The maximum Gasteiger partial charge on any atom is 0.144 e. The number of carbonyl (C=O) groups excluding carboxylic acids is 1. The van der Waals surface area contributed by atoms with Crippen molar-refractivity contribution in [2.45, 2.75) is 40.2 Å². The van der Waals surface area contributed by atoms with E-state index in [2.05, 4.69) is 21.8 Å². The molecule has 96 valence electrons. The van der Waals surface area contributed by atoms with E-state index in [4.69, 9.17) is 0 Å². The summed E-state index contributed by atoms with van der Waals surface area (Å²) in [7, 11) is 0. The van der Waals surface area contributed by atoms with Gasteiger partial charge in [0.15, 0.2) is 0 Å². The lowest BCUT2D eigenvalue weighted by molar-refractivity contribution is -0.121. The van der Waals surface area contributed by atoms with Crippen LogP contribution >= 0.6 is 0 Å². The van der Waals surface area contributed by atoms with Gasteiger partial charge in [-0.05, 0) is 13.0 Å². The van der Waals surface area contributed by atoms with Crippen LogP contribution < -0.4 is 5.32 Å². The summed E-state index contributed by atoms with van der Waals surface area (Å²) in [6.45, 7) is 8.73. The Labute approximate surface area is 103 Å². The van der Waals surface area contributed by atoms with Crippen LogP contribution in [0.3, 0.4) is 0 Å². The van der Waals surface area contributed by atoms with Gasteiger partial charge < -0.3 is 9.88 Å². The van der Waals surface area contributed by atoms with Crippen molar-refractivity contribution in [3.63, 3.8) is 0 Å². The zero-order chi connectivity index (χ0) is 12.7. The van der Waals surface area contributed by atoms with E-state index in [1.807, 2.05) is 20.0 Å². The SMILES string of the molecule is CCCn1ccnc1CC(=O)C(C)CNCC. The summed E-state index contributed by atoms with van der Waals surface area (Å²) in [4.78, 5) is 16.2. The molecule has 1 rings (SSSR count). The second-order valence-corrected chi connectivity index (χ2v) is 4.39. The van der Waals surface area contributed by atoms with Crippen molar-refractivity contribution in [3.05, 3.63) is 18.2 Å². The molecule has 4 nitrogen and oxygen atoms in total. The standard InChI is InChI=1S/C13H23N3O/c1-4-7-16-8-6-15-13(16)9-12(17)11(3)10-14-5-2/h6,8,11,14H,4-5,7,9-10H2,1-3H3. The average molecular weight is 237 g/mol. The van der Waals surface area contributed by atoms with Gasteiger partial charge in [0, 0.05) is 31.4 Å². The van der Waals surface area contributed by atoms with Crippen molar-refractivity contribution in [2.75, 3.05) is 13.1 Å². The van der Waals surface area contributed by atoms with E-state index in [9.17, 15) is 4.79 Å². The lowest BCUT2D eigenvalue weighted by Crippen LogP contribution is -2.28. The van der Waals surface area contributed by atoms with Crippen LogP contribution in [0.25, 0.3) is 0 Å². The maximum absolute atomic E-state index is 12.0. The molecule has 1 unspecified atom stereocenters. The van der Waals surface area contributed by atoms with Crippen LogP contribution in [0, 0.1) is 5.92 Å². The molecule has 1 N–H and O–H groups in total. The summed E-state index contributed by atoms with van der Waals surface area (Å²) in [5.74, 6) is 1.21. The normalized spacial score (nSPS) is 12.6. The van der Waals surface area contributed by atoms with Gasteiger partial charge in [-0.1, -0.05) is 20.8 Å². The van der Waals surface area contributed by atoms with E-state index in [1.165, 1.54) is 0 Å². The molecule has 0 aliphatic heterocycles.